The predicted octanol–water partition coefficient (Wildman–Crippen LogP) is 2.39. The SMILES string of the molecule is COc1ccc(CS(=O)(=O)c2cc(N)cc(F)c2)cc1. The Labute approximate surface area is 116 Å². The topological polar surface area (TPSA) is 69.4 Å². The van der Waals surface area contributed by atoms with E-state index in [0.717, 1.165) is 12.1 Å². The summed E-state index contributed by atoms with van der Waals surface area (Å²) in [5, 5.41) is 0. The van der Waals surface area contributed by atoms with E-state index in [2.05, 4.69) is 0 Å². The Bertz CT molecular complexity index is 691. The molecule has 0 aliphatic carbocycles. The molecule has 0 radical (unpaired) electrons. The van der Waals surface area contributed by atoms with Gasteiger partial charge >= 0.3 is 0 Å². The normalized spacial score (nSPS) is 11.3. The largest absolute Gasteiger partial charge is 0.497 e. The molecule has 2 rings (SSSR count). The Hall–Kier alpha value is -2.08. The molecule has 0 amide bonds. The lowest BCUT2D eigenvalue weighted by molar-refractivity contribution is 0.414. The van der Waals surface area contributed by atoms with Gasteiger partial charge in [-0.05, 0) is 35.9 Å². The van der Waals surface area contributed by atoms with Crippen LogP contribution in [0.1, 0.15) is 5.56 Å². The van der Waals surface area contributed by atoms with E-state index in [1.165, 1.54) is 13.2 Å². The van der Waals surface area contributed by atoms with Crippen LogP contribution < -0.4 is 10.5 Å². The molecule has 2 aromatic rings. The van der Waals surface area contributed by atoms with Crippen LogP contribution in [0.2, 0.25) is 0 Å². The van der Waals surface area contributed by atoms with Gasteiger partial charge < -0.3 is 10.5 Å². The van der Waals surface area contributed by atoms with E-state index in [-0.39, 0.29) is 16.3 Å². The first-order valence-corrected chi connectivity index (χ1v) is 7.48. The monoisotopic (exact) mass is 295 g/mol. The third kappa shape index (κ3) is 3.27. The summed E-state index contributed by atoms with van der Waals surface area (Å²) in [5.74, 6) is -0.251. The van der Waals surface area contributed by atoms with Crippen LogP contribution >= 0.6 is 0 Å². The molecular weight excluding hydrogens is 281 g/mol. The summed E-state index contributed by atoms with van der Waals surface area (Å²) in [4.78, 5) is -0.120. The van der Waals surface area contributed by atoms with Crippen molar-refractivity contribution in [1.29, 1.82) is 0 Å². The van der Waals surface area contributed by atoms with Gasteiger partial charge in [0.15, 0.2) is 9.84 Å². The minimum atomic E-state index is -3.64. The number of nitrogen functional groups attached to an aromatic ring is 1. The first-order valence-electron chi connectivity index (χ1n) is 5.82. The molecule has 4 nitrogen and oxygen atoms in total. The lowest BCUT2D eigenvalue weighted by atomic mass is 10.2. The number of halogens is 1. The van der Waals surface area contributed by atoms with E-state index >= 15 is 0 Å². The second kappa shape index (κ2) is 5.50. The number of hydrogen-bond donors (Lipinski definition) is 1. The van der Waals surface area contributed by atoms with Crippen molar-refractivity contribution in [2.24, 2.45) is 0 Å². The van der Waals surface area contributed by atoms with Gasteiger partial charge in [0, 0.05) is 5.69 Å². The molecule has 0 saturated carbocycles. The molecule has 0 bridgehead atoms. The van der Waals surface area contributed by atoms with Crippen LogP contribution in [0.15, 0.2) is 47.4 Å². The Morgan fingerprint density at radius 2 is 1.80 bits per heavy atom. The van der Waals surface area contributed by atoms with Crippen LogP contribution in [-0.4, -0.2) is 15.5 Å². The lowest BCUT2D eigenvalue weighted by Gasteiger charge is -2.07. The molecule has 0 fully saturated rings. The highest BCUT2D eigenvalue weighted by Gasteiger charge is 2.17. The lowest BCUT2D eigenvalue weighted by Crippen LogP contribution is -2.06. The molecule has 6 heteroatoms. The van der Waals surface area contributed by atoms with Crippen LogP contribution in [0.5, 0.6) is 5.75 Å². The zero-order valence-corrected chi connectivity index (χ0v) is 11.7. The van der Waals surface area contributed by atoms with Crippen LogP contribution in [-0.2, 0) is 15.6 Å². The molecule has 106 valence electrons. The van der Waals surface area contributed by atoms with Crippen LogP contribution in [0.4, 0.5) is 10.1 Å². The fraction of sp³-hybridized carbons (Fsp3) is 0.143. The molecule has 0 atom stereocenters. The Morgan fingerprint density at radius 3 is 2.35 bits per heavy atom. The minimum absolute atomic E-state index is 0.0818. The number of benzene rings is 2. The number of methoxy groups -OCH3 is 1. The highest BCUT2D eigenvalue weighted by Crippen LogP contribution is 2.21. The molecule has 0 unspecified atom stereocenters. The van der Waals surface area contributed by atoms with Gasteiger partial charge in [-0.1, -0.05) is 12.1 Å². The van der Waals surface area contributed by atoms with E-state index < -0.39 is 15.7 Å². The van der Waals surface area contributed by atoms with E-state index in [9.17, 15) is 12.8 Å². The third-order valence-electron chi connectivity index (χ3n) is 2.77. The minimum Gasteiger partial charge on any atom is -0.497 e. The van der Waals surface area contributed by atoms with E-state index in [1.807, 2.05) is 0 Å². The van der Waals surface area contributed by atoms with Crippen molar-refractivity contribution < 1.29 is 17.5 Å². The van der Waals surface area contributed by atoms with Gasteiger partial charge in [-0.2, -0.15) is 0 Å². The van der Waals surface area contributed by atoms with E-state index in [1.54, 1.807) is 24.3 Å². The molecule has 0 heterocycles. The summed E-state index contributed by atoms with van der Waals surface area (Å²) in [6.07, 6.45) is 0. The number of sulfone groups is 1. The van der Waals surface area contributed by atoms with E-state index in [0.29, 0.717) is 11.3 Å². The van der Waals surface area contributed by atoms with Crippen molar-refractivity contribution in [2.75, 3.05) is 12.8 Å². The Kier molecular flexibility index (Phi) is 3.94. The number of anilines is 1. The molecule has 20 heavy (non-hydrogen) atoms. The van der Waals surface area contributed by atoms with Gasteiger partial charge in [0.05, 0.1) is 17.8 Å². The van der Waals surface area contributed by atoms with Gasteiger partial charge in [-0.3, -0.25) is 0 Å². The van der Waals surface area contributed by atoms with Crippen LogP contribution in [0.3, 0.4) is 0 Å². The number of ether oxygens (including phenoxy) is 1. The summed E-state index contributed by atoms with van der Waals surface area (Å²) in [6, 6.07) is 9.94. The van der Waals surface area contributed by atoms with Crippen LogP contribution in [0, 0.1) is 5.82 Å². The summed E-state index contributed by atoms with van der Waals surface area (Å²) < 4.78 is 42.6. The standard InChI is InChI=1S/C14H14FNO3S/c1-19-13-4-2-10(3-5-13)9-20(17,18)14-7-11(15)6-12(16)8-14/h2-8H,9,16H2,1H3. The quantitative estimate of drug-likeness (QED) is 0.879. The van der Waals surface area contributed by atoms with Crippen molar-refractivity contribution >= 4 is 15.5 Å². The van der Waals surface area contributed by atoms with E-state index in [4.69, 9.17) is 10.5 Å². The number of nitrogens with two attached hydrogens (primary N) is 1. The molecule has 0 aliphatic heterocycles. The van der Waals surface area contributed by atoms with Crippen molar-refractivity contribution in [2.45, 2.75) is 10.6 Å². The molecule has 2 aromatic carbocycles. The maximum atomic E-state index is 13.2. The Balaban J connectivity index is 2.30. The van der Waals surface area contributed by atoms with Crippen molar-refractivity contribution in [3.8, 4) is 5.75 Å². The number of hydrogen-bond acceptors (Lipinski definition) is 4. The van der Waals surface area contributed by atoms with Gasteiger partial charge in [0.2, 0.25) is 0 Å². The first kappa shape index (κ1) is 14.3. The summed E-state index contributed by atoms with van der Waals surface area (Å²) in [5.41, 5.74) is 6.14. The summed E-state index contributed by atoms with van der Waals surface area (Å²) >= 11 is 0. The zero-order chi connectivity index (χ0) is 14.8. The van der Waals surface area contributed by atoms with Gasteiger partial charge in [0.25, 0.3) is 0 Å². The molecule has 2 N–H and O–H groups in total. The average molecular weight is 295 g/mol. The highest BCUT2D eigenvalue weighted by atomic mass is 32.2. The van der Waals surface area contributed by atoms with Crippen molar-refractivity contribution in [3.63, 3.8) is 0 Å². The molecule has 0 saturated heterocycles. The maximum absolute atomic E-state index is 13.2. The average Bonchev–Trinajstić information content (AvgIpc) is 2.38. The summed E-state index contributed by atoms with van der Waals surface area (Å²) in [7, 11) is -2.11. The van der Waals surface area contributed by atoms with Gasteiger partial charge in [-0.15, -0.1) is 0 Å². The first-order chi connectivity index (χ1) is 9.40. The molecule has 0 spiro atoms. The second-order valence-electron chi connectivity index (χ2n) is 4.33. The fourth-order valence-electron chi connectivity index (χ4n) is 1.79. The molecule has 0 aromatic heterocycles. The predicted molar refractivity (Wildman–Crippen MR) is 74.7 cm³/mol. The zero-order valence-electron chi connectivity index (χ0n) is 10.8. The number of rotatable bonds is 4. The highest BCUT2D eigenvalue weighted by molar-refractivity contribution is 7.90. The second-order valence-corrected chi connectivity index (χ2v) is 6.32. The molecule has 0 aliphatic rings. The van der Waals surface area contributed by atoms with Gasteiger partial charge in [0.1, 0.15) is 11.6 Å². The van der Waals surface area contributed by atoms with Crippen molar-refractivity contribution in [3.05, 3.63) is 53.8 Å². The van der Waals surface area contributed by atoms with Gasteiger partial charge in [-0.25, -0.2) is 12.8 Å². The Morgan fingerprint density at radius 1 is 1.15 bits per heavy atom. The fourth-order valence-corrected chi connectivity index (χ4v) is 3.19. The third-order valence-corrected chi connectivity index (χ3v) is 4.44. The van der Waals surface area contributed by atoms with Crippen molar-refractivity contribution in [1.82, 2.24) is 0 Å². The summed E-state index contributed by atoms with van der Waals surface area (Å²) in [6.45, 7) is 0. The van der Waals surface area contributed by atoms with Crippen LogP contribution in [0.25, 0.3) is 0 Å². The smallest absolute Gasteiger partial charge is 0.182 e. The maximum Gasteiger partial charge on any atom is 0.182 e. The molecular formula is C14H14FNO3S.